The Morgan fingerprint density at radius 1 is 1.14 bits per heavy atom. The normalized spacial score (nSPS) is 10.5. The summed E-state index contributed by atoms with van der Waals surface area (Å²) in [4.78, 5) is 10.1. The van der Waals surface area contributed by atoms with Gasteiger partial charge in [0, 0.05) is 24.2 Å². The number of nitrogens with zero attached hydrogens (tertiary/aromatic N) is 1. The van der Waals surface area contributed by atoms with Gasteiger partial charge in [-0.2, -0.15) is 0 Å². The topological polar surface area (TPSA) is 55.2 Å². The van der Waals surface area contributed by atoms with Crippen molar-refractivity contribution in [2.45, 2.75) is 6.54 Å². The van der Waals surface area contributed by atoms with Crippen LogP contribution in [0.4, 0.5) is 24.5 Å². The van der Waals surface area contributed by atoms with Gasteiger partial charge in [-0.1, -0.05) is 11.6 Å². The minimum Gasteiger partial charge on any atom is -0.375 e. The lowest BCUT2D eigenvalue weighted by atomic mass is 10.2. The van der Waals surface area contributed by atoms with Gasteiger partial charge in [-0.05, 0) is 18.2 Å². The molecule has 8 heteroatoms. The van der Waals surface area contributed by atoms with Gasteiger partial charge < -0.3 is 5.32 Å². The highest BCUT2D eigenvalue weighted by Gasteiger charge is 2.18. The van der Waals surface area contributed by atoms with E-state index in [1.807, 2.05) is 0 Å². The van der Waals surface area contributed by atoms with Crippen LogP contribution in [0.5, 0.6) is 0 Å². The maximum Gasteiger partial charge on any atom is 0.294 e. The lowest BCUT2D eigenvalue weighted by Crippen LogP contribution is -2.05. The molecule has 0 saturated heterocycles. The van der Waals surface area contributed by atoms with Gasteiger partial charge in [-0.3, -0.25) is 10.1 Å². The second kappa shape index (κ2) is 6.01. The standard InChI is InChI=1S/C13H8ClF3N2O2/c14-9-4-13(19(20)21)12(5-11(9)17)18-6-7-3-8(15)1-2-10(7)16/h1-5,18H,6H2. The number of benzene rings is 2. The van der Waals surface area contributed by atoms with Crippen LogP contribution in [-0.4, -0.2) is 4.92 Å². The number of halogens is 4. The predicted molar refractivity (Wildman–Crippen MR) is 71.7 cm³/mol. The Kier molecular flexibility index (Phi) is 4.32. The van der Waals surface area contributed by atoms with Crippen molar-refractivity contribution >= 4 is 23.0 Å². The molecule has 0 saturated carbocycles. The van der Waals surface area contributed by atoms with E-state index in [0.29, 0.717) is 0 Å². The van der Waals surface area contributed by atoms with E-state index < -0.39 is 33.1 Å². The molecule has 0 aromatic heterocycles. The van der Waals surface area contributed by atoms with Gasteiger partial charge in [0.25, 0.3) is 5.69 Å². The lowest BCUT2D eigenvalue weighted by molar-refractivity contribution is -0.384. The summed E-state index contributed by atoms with van der Waals surface area (Å²) >= 11 is 5.48. The zero-order valence-electron chi connectivity index (χ0n) is 10.4. The number of nitro benzene ring substituents is 1. The first-order chi connectivity index (χ1) is 9.88. The van der Waals surface area contributed by atoms with Crippen molar-refractivity contribution in [2.75, 3.05) is 5.32 Å². The molecule has 21 heavy (non-hydrogen) atoms. The Hall–Kier alpha value is -2.28. The van der Waals surface area contributed by atoms with E-state index >= 15 is 0 Å². The third-order valence-electron chi connectivity index (χ3n) is 2.71. The second-order valence-electron chi connectivity index (χ2n) is 4.13. The van der Waals surface area contributed by atoms with Gasteiger partial charge in [0.2, 0.25) is 0 Å². The van der Waals surface area contributed by atoms with Crippen LogP contribution in [0.15, 0.2) is 30.3 Å². The zero-order chi connectivity index (χ0) is 15.6. The molecule has 0 atom stereocenters. The van der Waals surface area contributed by atoms with E-state index in [4.69, 9.17) is 11.6 Å². The summed E-state index contributed by atoms with van der Waals surface area (Å²) in [7, 11) is 0. The molecule has 0 amide bonds. The molecule has 0 fully saturated rings. The SMILES string of the molecule is O=[N+]([O-])c1cc(Cl)c(F)cc1NCc1cc(F)ccc1F. The molecule has 0 radical (unpaired) electrons. The van der Waals surface area contributed by atoms with Crippen LogP contribution in [0.25, 0.3) is 0 Å². The fourth-order valence-corrected chi connectivity index (χ4v) is 1.86. The third-order valence-corrected chi connectivity index (χ3v) is 3.00. The van der Waals surface area contributed by atoms with Crippen LogP contribution in [0.2, 0.25) is 5.02 Å². The summed E-state index contributed by atoms with van der Waals surface area (Å²) in [6, 6.07) is 4.51. The maximum atomic E-state index is 13.4. The molecule has 0 aliphatic carbocycles. The molecule has 2 rings (SSSR count). The molecule has 0 aliphatic rings. The number of nitrogens with one attached hydrogen (secondary N) is 1. The molecule has 0 heterocycles. The molecule has 110 valence electrons. The number of nitro groups is 1. The smallest absolute Gasteiger partial charge is 0.294 e. The number of rotatable bonds is 4. The van der Waals surface area contributed by atoms with Crippen LogP contribution in [0, 0.1) is 27.6 Å². The highest BCUT2D eigenvalue weighted by molar-refractivity contribution is 6.31. The number of hydrogen-bond acceptors (Lipinski definition) is 3. The zero-order valence-corrected chi connectivity index (χ0v) is 11.1. The first-order valence-corrected chi connectivity index (χ1v) is 6.07. The largest absolute Gasteiger partial charge is 0.375 e. The van der Waals surface area contributed by atoms with Gasteiger partial charge in [0.1, 0.15) is 23.1 Å². The van der Waals surface area contributed by atoms with Crippen molar-refractivity contribution in [3.05, 3.63) is 68.5 Å². The van der Waals surface area contributed by atoms with E-state index in [1.54, 1.807) is 0 Å². The summed E-state index contributed by atoms with van der Waals surface area (Å²) in [5, 5.41) is 13.0. The minimum atomic E-state index is -0.857. The second-order valence-corrected chi connectivity index (χ2v) is 4.54. The van der Waals surface area contributed by atoms with Gasteiger partial charge >= 0.3 is 0 Å². The molecule has 0 spiro atoms. The molecule has 0 aliphatic heterocycles. The van der Waals surface area contributed by atoms with E-state index in [-0.39, 0.29) is 17.8 Å². The van der Waals surface area contributed by atoms with Crippen molar-refractivity contribution in [1.82, 2.24) is 0 Å². The Morgan fingerprint density at radius 3 is 2.52 bits per heavy atom. The van der Waals surface area contributed by atoms with Crippen LogP contribution in [0.1, 0.15) is 5.56 Å². The summed E-state index contributed by atoms with van der Waals surface area (Å²) < 4.78 is 39.8. The number of anilines is 1. The van der Waals surface area contributed by atoms with Crippen molar-refractivity contribution < 1.29 is 18.1 Å². The fourth-order valence-electron chi connectivity index (χ4n) is 1.70. The Balaban J connectivity index is 2.29. The molecular weight excluding hydrogens is 309 g/mol. The molecule has 1 N–H and O–H groups in total. The molecular formula is C13H8ClF3N2O2. The van der Waals surface area contributed by atoms with Crippen LogP contribution < -0.4 is 5.32 Å². The minimum absolute atomic E-state index is 0.0420. The Bertz CT molecular complexity index is 710. The summed E-state index contributed by atoms with van der Waals surface area (Å²) in [6.45, 7) is -0.245. The van der Waals surface area contributed by atoms with E-state index in [2.05, 4.69) is 5.32 Å². The van der Waals surface area contributed by atoms with E-state index in [1.165, 1.54) is 0 Å². The number of hydrogen-bond donors (Lipinski definition) is 1. The van der Waals surface area contributed by atoms with Gasteiger partial charge in [-0.25, -0.2) is 13.2 Å². The lowest BCUT2D eigenvalue weighted by Gasteiger charge is -2.09. The highest BCUT2D eigenvalue weighted by atomic mass is 35.5. The van der Waals surface area contributed by atoms with E-state index in [0.717, 1.165) is 30.3 Å². The maximum absolute atomic E-state index is 13.4. The van der Waals surface area contributed by atoms with Gasteiger partial charge in [-0.15, -0.1) is 0 Å². The average molecular weight is 317 g/mol. The van der Waals surface area contributed by atoms with Crippen molar-refractivity contribution in [3.63, 3.8) is 0 Å². The van der Waals surface area contributed by atoms with Crippen LogP contribution >= 0.6 is 11.6 Å². The first kappa shape index (κ1) is 15.1. The highest BCUT2D eigenvalue weighted by Crippen LogP contribution is 2.30. The average Bonchev–Trinajstić information content (AvgIpc) is 2.42. The summed E-state index contributed by atoms with van der Waals surface area (Å²) in [5.41, 5.74) is -0.677. The van der Waals surface area contributed by atoms with Crippen LogP contribution in [-0.2, 0) is 6.54 Å². The fraction of sp³-hybridized carbons (Fsp3) is 0.0769. The molecule has 2 aromatic rings. The monoisotopic (exact) mass is 316 g/mol. The Labute approximate surface area is 122 Å². The van der Waals surface area contributed by atoms with Crippen LogP contribution in [0.3, 0.4) is 0 Å². The van der Waals surface area contributed by atoms with Crippen molar-refractivity contribution in [2.24, 2.45) is 0 Å². The summed E-state index contributed by atoms with van der Waals surface area (Å²) in [5.74, 6) is -2.18. The third kappa shape index (κ3) is 3.43. The quantitative estimate of drug-likeness (QED) is 0.676. The van der Waals surface area contributed by atoms with Gasteiger partial charge in [0.05, 0.1) is 9.95 Å². The van der Waals surface area contributed by atoms with E-state index in [9.17, 15) is 23.3 Å². The van der Waals surface area contributed by atoms with Crippen molar-refractivity contribution in [3.8, 4) is 0 Å². The predicted octanol–water partition coefficient (Wildman–Crippen LogP) is 4.28. The molecule has 0 unspecified atom stereocenters. The Morgan fingerprint density at radius 2 is 1.86 bits per heavy atom. The van der Waals surface area contributed by atoms with Gasteiger partial charge in [0.15, 0.2) is 0 Å². The van der Waals surface area contributed by atoms with Crippen molar-refractivity contribution in [1.29, 1.82) is 0 Å². The molecule has 4 nitrogen and oxygen atoms in total. The molecule has 2 aromatic carbocycles. The summed E-state index contributed by atoms with van der Waals surface area (Å²) in [6.07, 6.45) is 0. The molecule has 0 bridgehead atoms. The first-order valence-electron chi connectivity index (χ1n) is 5.69.